The van der Waals surface area contributed by atoms with Crippen molar-refractivity contribution in [3.63, 3.8) is 0 Å². The van der Waals surface area contributed by atoms with E-state index in [0.717, 1.165) is 25.7 Å². The molecular weight excluding hydrogens is 268 g/mol. The van der Waals surface area contributed by atoms with Gasteiger partial charge in [-0.15, -0.1) is 0 Å². The Labute approximate surface area is 123 Å². The number of nitrogens with zero attached hydrogens (tertiary/aromatic N) is 1. The monoisotopic (exact) mass is 286 g/mol. The normalized spacial score (nSPS) is 28.7. The van der Waals surface area contributed by atoms with Crippen LogP contribution in [0.1, 0.15) is 25.7 Å². The van der Waals surface area contributed by atoms with Gasteiger partial charge in [-0.05, 0) is 49.7 Å². The van der Waals surface area contributed by atoms with Crippen LogP contribution in [0.3, 0.4) is 0 Å². The van der Waals surface area contributed by atoms with Gasteiger partial charge in [-0.1, -0.05) is 12.2 Å². The minimum absolute atomic E-state index is 0.0344. The smallest absolute Gasteiger partial charge is 0.269 e. The highest BCUT2D eigenvalue weighted by Crippen LogP contribution is 2.53. The lowest BCUT2D eigenvalue weighted by molar-refractivity contribution is -0.384. The van der Waals surface area contributed by atoms with E-state index in [9.17, 15) is 14.9 Å². The number of non-ortho nitro benzene ring substituents is 1. The average Bonchev–Trinajstić information content (AvgIpc) is 3.10. The van der Waals surface area contributed by atoms with Crippen molar-refractivity contribution in [3.05, 3.63) is 46.5 Å². The standard InChI is InChI=1S/C16H18N2O3/c19-16(15-13-5-3-1-2-4-6-14(13)15)17-11-7-9-12(10-8-11)18(20)21/h1-2,7-10,13-15H,3-6H2,(H,17,19)/b2-1+/t13-,14+,15?. The lowest BCUT2D eigenvalue weighted by Crippen LogP contribution is -2.15. The molecule has 2 aliphatic rings. The number of allylic oxidation sites excluding steroid dienone is 2. The topological polar surface area (TPSA) is 72.2 Å². The van der Waals surface area contributed by atoms with Crippen LogP contribution < -0.4 is 5.32 Å². The maximum atomic E-state index is 12.3. The molecule has 1 aromatic carbocycles. The number of nitrogens with one attached hydrogen (secondary N) is 1. The SMILES string of the molecule is O=C(Nc1ccc([N+](=O)[O-])cc1)C1[C@H]2CC/C=C/CC[C@@H]12. The van der Waals surface area contributed by atoms with Crippen LogP contribution in [0, 0.1) is 27.9 Å². The van der Waals surface area contributed by atoms with Crippen molar-refractivity contribution < 1.29 is 9.72 Å². The molecule has 0 heterocycles. The Bertz CT molecular complexity index is 564. The summed E-state index contributed by atoms with van der Waals surface area (Å²) < 4.78 is 0. The van der Waals surface area contributed by atoms with Gasteiger partial charge in [-0.25, -0.2) is 0 Å². The van der Waals surface area contributed by atoms with Gasteiger partial charge in [0.2, 0.25) is 5.91 Å². The van der Waals surface area contributed by atoms with Gasteiger partial charge in [0.15, 0.2) is 0 Å². The Kier molecular flexibility index (Phi) is 3.73. The average molecular weight is 286 g/mol. The Hall–Kier alpha value is -2.17. The number of nitro groups is 1. The van der Waals surface area contributed by atoms with Crippen LogP contribution in [0.15, 0.2) is 36.4 Å². The van der Waals surface area contributed by atoms with Gasteiger partial charge < -0.3 is 5.32 Å². The number of rotatable bonds is 3. The molecule has 0 aliphatic heterocycles. The molecule has 5 heteroatoms. The lowest BCUT2D eigenvalue weighted by atomic mass is 10.1. The maximum Gasteiger partial charge on any atom is 0.269 e. The van der Waals surface area contributed by atoms with E-state index >= 15 is 0 Å². The predicted octanol–water partition coefficient (Wildman–Crippen LogP) is 3.53. The first-order valence-corrected chi connectivity index (χ1v) is 7.37. The van der Waals surface area contributed by atoms with Gasteiger partial charge >= 0.3 is 0 Å². The maximum absolute atomic E-state index is 12.3. The van der Waals surface area contributed by atoms with E-state index < -0.39 is 4.92 Å². The molecule has 0 spiro atoms. The fourth-order valence-corrected chi connectivity index (χ4v) is 3.33. The number of amides is 1. The van der Waals surface area contributed by atoms with Crippen LogP contribution in [0.25, 0.3) is 0 Å². The van der Waals surface area contributed by atoms with Crippen LogP contribution in [0.2, 0.25) is 0 Å². The van der Waals surface area contributed by atoms with Gasteiger partial charge in [-0.2, -0.15) is 0 Å². The van der Waals surface area contributed by atoms with Crippen LogP contribution >= 0.6 is 0 Å². The number of hydrogen-bond donors (Lipinski definition) is 1. The fourth-order valence-electron chi connectivity index (χ4n) is 3.33. The van der Waals surface area contributed by atoms with Gasteiger partial charge in [0.1, 0.15) is 0 Å². The first-order valence-electron chi connectivity index (χ1n) is 7.37. The molecular formula is C16H18N2O3. The molecule has 0 saturated heterocycles. The summed E-state index contributed by atoms with van der Waals surface area (Å²) in [5, 5.41) is 13.5. The Morgan fingerprint density at radius 2 is 1.67 bits per heavy atom. The van der Waals surface area contributed by atoms with E-state index in [4.69, 9.17) is 0 Å². The summed E-state index contributed by atoms with van der Waals surface area (Å²) in [5.41, 5.74) is 0.662. The highest BCUT2D eigenvalue weighted by Gasteiger charge is 2.53. The summed E-state index contributed by atoms with van der Waals surface area (Å²) in [7, 11) is 0. The van der Waals surface area contributed by atoms with E-state index in [-0.39, 0.29) is 17.5 Å². The summed E-state index contributed by atoms with van der Waals surface area (Å²) in [6.07, 6.45) is 8.70. The number of carbonyl (C=O) groups excluding carboxylic acids is 1. The van der Waals surface area contributed by atoms with Crippen molar-refractivity contribution in [1.29, 1.82) is 0 Å². The summed E-state index contributed by atoms with van der Waals surface area (Å²) in [5.74, 6) is 1.18. The van der Waals surface area contributed by atoms with E-state index in [1.54, 1.807) is 12.1 Å². The van der Waals surface area contributed by atoms with Crippen LogP contribution in [0.5, 0.6) is 0 Å². The van der Waals surface area contributed by atoms with E-state index in [0.29, 0.717) is 17.5 Å². The minimum atomic E-state index is -0.443. The first kappa shape index (κ1) is 13.8. The molecule has 110 valence electrons. The van der Waals surface area contributed by atoms with Gasteiger partial charge in [-0.3, -0.25) is 14.9 Å². The number of fused-ring (bicyclic) bond motifs is 1. The molecule has 2 aliphatic carbocycles. The van der Waals surface area contributed by atoms with E-state index in [1.165, 1.54) is 12.1 Å². The van der Waals surface area contributed by atoms with Crippen molar-refractivity contribution in [1.82, 2.24) is 0 Å². The summed E-state index contributed by atoms with van der Waals surface area (Å²) in [6.45, 7) is 0. The number of benzene rings is 1. The molecule has 1 unspecified atom stereocenters. The molecule has 1 N–H and O–H groups in total. The zero-order valence-electron chi connectivity index (χ0n) is 11.7. The molecule has 1 amide bonds. The Balaban J connectivity index is 1.61. The largest absolute Gasteiger partial charge is 0.326 e. The number of carbonyl (C=O) groups is 1. The van der Waals surface area contributed by atoms with E-state index in [2.05, 4.69) is 17.5 Å². The third kappa shape index (κ3) is 2.96. The number of hydrogen-bond acceptors (Lipinski definition) is 3. The molecule has 5 nitrogen and oxygen atoms in total. The second-order valence-corrected chi connectivity index (χ2v) is 5.77. The van der Waals surface area contributed by atoms with Crippen molar-refractivity contribution in [2.24, 2.45) is 17.8 Å². The molecule has 3 rings (SSSR count). The molecule has 0 aromatic heterocycles. The van der Waals surface area contributed by atoms with Crippen molar-refractivity contribution in [3.8, 4) is 0 Å². The first-order chi connectivity index (χ1) is 10.2. The zero-order valence-corrected chi connectivity index (χ0v) is 11.7. The summed E-state index contributed by atoms with van der Waals surface area (Å²) >= 11 is 0. The molecule has 0 radical (unpaired) electrons. The molecule has 1 saturated carbocycles. The molecule has 3 atom stereocenters. The second-order valence-electron chi connectivity index (χ2n) is 5.77. The summed E-state index contributed by atoms with van der Waals surface area (Å²) in [4.78, 5) is 22.5. The van der Waals surface area contributed by atoms with E-state index in [1.807, 2.05) is 0 Å². The van der Waals surface area contributed by atoms with Crippen LogP contribution in [0.4, 0.5) is 11.4 Å². The zero-order chi connectivity index (χ0) is 14.8. The third-order valence-corrected chi connectivity index (χ3v) is 4.48. The van der Waals surface area contributed by atoms with Gasteiger partial charge in [0.25, 0.3) is 5.69 Å². The number of nitro benzene ring substituents is 1. The molecule has 1 aromatic rings. The van der Waals surface area contributed by atoms with Crippen molar-refractivity contribution in [2.75, 3.05) is 5.32 Å². The van der Waals surface area contributed by atoms with Crippen molar-refractivity contribution >= 4 is 17.3 Å². The third-order valence-electron chi connectivity index (χ3n) is 4.48. The summed E-state index contributed by atoms with van der Waals surface area (Å²) in [6, 6.07) is 6.00. The van der Waals surface area contributed by atoms with Crippen LogP contribution in [-0.2, 0) is 4.79 Å². The Morgan fingerprint density at radius 3 is 2.19 bits per heavy atom. The minimum Gasteiger partial charge on any atom is -0.326 e. The van der Waals surface area contributed by atoms with Gasteiger partial charge in [0, 0.05) is 23.7 Å². The van der Waals surface area contributed by atoms with Gasteiger partial charge in [0.05, 0.1) is 4.92 Å². The lowest BCUT2D eigenvalue weighted by Gasteiger charge is -2.04. The fraction of sp³-hybridized carbons (Fsp3) is 0.438. The highest BCUT2D eigenvalue weighted by atomic mass is 16.6. The highest BCUT2D eigenvalue weighted by molar-refractivity contribution is 5.95. The number of anilines is 1. The molecule has 1 fully saturated rings. The molecule has 21 heavy (non-hydrogen) atoms. The predicted molar refractivity (Wildman–Crippen MR) is 79.8 cm³/mol. The van der Waals surface area contributed by atoms with Crippen molar-refractivity contribution in [2.45, 2.75) is 25.7 Å². The second kappa shape index (κ2) is 5.68. The Morgan fingerprint density at radius 1 is 1.10 bits per heavy atom. The van der Waals surface area contributed by atoms with Crippen LogP contribution in [-0.4, -0.2) is 10.8 Å². The quantitative estimate of drug-likeness (QED) is 0.525. The molecule has 0 bridgehead atoms.